The lowest BCUT2D eigenvalue weighted by atomic mass is 9.48. The Morgan fingerprint density at radius 2 is 1.48 bits per heavy atom. The molecule has 136 valence electrons. The molecule has 4 saturated carbocycles. The van der Waals surface area contributed by atoms with Gasteiger partial charge in [-0.05, 0) is 75.0 Å². The van der Waals surface area contributed by atoms with E-state index >= 15 is 0 Å². The fourth-order valence-corrected chi connectivity index (χ4v) is 5.83. The van der Waals surface area contributed by atoms with Gasteiger partial charge in [0.1, 0.15) is 5.69 Å². The first-order valence-corrected chi connectivity index (χ1v) is 8.84. The fraction of sp³-hybridized carbons (Fsp3) is 0.667. The lowest BCUT2D eigenvalue weighted by Crippen LogP contribution is -2.46. The normalized spacial score (nSPS) is 33.8. The molecule has 4 bridgehead atoms. The number of rotatable bonds is 4. The van der Waals surface area contributed by atoms with E-state index in [1.807, 2.05) is 0 Å². The number of aromatic nitrogens is 1. The van der Waals surface area contributed by atoms with Gasteiger partial charge < -0.3 is 0 Å². The third-order valence-electron chi connectivity index (χ3n) is 6.15. The lowest BCUT2D eigenvalue weighted by Gasteiger charge is -2.57. The molecule has 4 aliphatic carbocycles. The van der Waals surface area contributed by atoms with E-state index in [2.05, 4.69) is 15.5 Å². The molecular weight excluding hydrogens is 334 g/mol. The van der Waals surface area contributed by atoms with Crippen molar-refractivity contribution in [3.8, 4) is 0 Å². The van der Waals surface area contributed by atoms with Gasteiger partial charge in [-0.2, -0.15) is 27.6 Å². The summed E-state index contributed by atoms with van der Waals surface area (Å²) in [6.07, 6.45) is 8.31. The van der Waals surface area contributed by atoms with Crippen molar-refractivity contribution in [2.75, 3.05) is 5.43 Å². The van der Waals surface area contributed by atoms with Crippen molar-refractivity contribution in [1.82, 2.24) is 4.98 Å². The van der Waals surface area contributed by atoms with Gasteiger partial charge in [0, 0.05) is 5.71 Å². The highest BCUT2D eigenvalue weighted by atomic mass is 19.2. The fourth-order valence-electron chi connectivity index (χ4n) is 5.83. The Morgan fingerprint density at radius 3 is 1.96 bits per heavy atom. The van der Waals surface area contributed by atoms with Crippen molar-refractivity contribution >= 4 is 11.4 Å². The monoisotopic (exact) mass is 355 g/mol. The number of pyridine rings is 1. The number of anilines is 1. The molecule has 0 aromatic carbocycles. The molecule has 0 spiro atoms. The highest BCUT2D eigenvalue weighted by Crippen LogP contribution is 2.61. The summed E-state index contributed by atoms with van der Waals surface area (Å²) < 4.78 is 53.6. The third kappa shape index (κ3) is 3.02. The standard InChI is InChI=1S/C18H21F4N3/c1-9(24-25-15-13(19)16(21)23-17(22)14(15)20)5-18-6-10-2-11(7-18)4-12(3-10)8-18/h10-12H,2-8H2,1H3,(H,23,25)/b24-9-. The van der Waals surface area contributed by atoms with Crippen LogP contribution in [0.3, 0.4) is 0 Å². The summed E-state index contributed by atoms with van der Waals surface area (Å²) in [5.41, 5.74) is 2.15. The average molecular weight is 355 g/mol. The number of halogens is 4. The van der Waals surface area contributed by atoms with Gasteiger partial charge in [0.15, 0.2) is 0 Å². The third-order valence-corrected chi connectivity index (χ3v) is 6.15. The van der Waals surface area contributed by atoms with Crippen LogP contribution in [-0.4, -0.2) is 10.7 Å². The van der Waals surface area contributed by atoms with Crippen LogP contribution in [0.15, 0.2) is 5.10 Å². The van der Waals surface area contributed by atoms with E-state index in [4.69, 9.17) is 0 Å². The lowest BCUT2D eigenvalue weighted by molar-refractivity contribution is -0.0482. The summed E-state index contributed by atoms with van der Waals surface area (Å²) in [5.74, 6) is -4.11. The van der Waals surface area contributed by atoms with Gasteiger partial charge in [0.25, 0.3) is 11.9 Å². The molecule has 0 unspecified atom stereocenters. The van der Waals surface area contributed by atoms with Gasteiger partial charge in [-0.3, -0.25) is 5.43 Å². The van der Waals surface area contributed by atoms with Crippen molar-refractivity contribution in [2.24, 2.45) is 28.3 Å². The molecule has 5 rings (SSSR count). The zero-order valence-electron chi connectivity index (χ0n) is 14.1. The number of nitrogens with one attached hydrogen (secondary N) is 1. The molecule has 1 aromatic heterocycles. The molecule has 1 N–H and O–H groups in total. The zero-order valence-corrected chi connectivity index (χ0v) is 14.1. The van der Waals surface area contributed by atoms with Gasteiger partial charge in [-0.25, -0.2) is 0 Å². The maximum Gasteiger partial charge on any atom is 0.254 e. The maximum atomic E-state index is 13.6. The molecule has 0 saturated heterocycles. The Balaban J connectivity index is 1.50. The summed E-state index contributed by atoms with van der Waals surface area (Å²) in [6.45, 7) is 1.79. The van der Waals surface area contributed by atoms with E-state index in [0.29, 0.717) is 5.71 Å². The summed E-state index contributed by atoms with van der Waals surface area (Å²) in [4.78, 5) is 2.54. The van der Waals surface area contributed by atoms with Crippen molar-refractivity contribution in [3.05, 3.63) is 23.5 Å². The van der Waals surface area contributed by atoms with Gasteiger partial charge in [-0.15, -0.1) is 0 Å². The van der Waals surface area contributed by atoms with Crippen LogP contribution in [0.2, 0.25) is 0 Å². The Hall–Kier alpha value is -1.66. The first kappa shape index (κ1) is 16.8. The minimum absolute atomic E-state index is 0.232. The van der Waals surface area contributed by atoms with Crippen LogP contribution in [0.5, 0.6) is 0 Å². The van der Waals surface area contributed by atoms with Gasteiger partial charge in [-0.1, -0.05) is 0 Å². The number of hydrogen-bond acceptors (Lipinski definition) is 3. The van der Waals surface area contributed by atoms with Gasteiger partial charge in [0.05, 0.1) is 0 Å². The van der Waals surface area contributed by atoms with Gasteiger partial charge >= 0.3 is 0 Å². The highest BCUT2D eigenvalue weighted by molar-refractivity contribution is 5.83. The quantitative estimate of drug-likeness (QED) is 0.356. The predicted molar refractivity (Wildman–Crippen MR) is 86.0 cm³/mol. The number of hydrazone groups is 1. The van der Waals surface area contributed by atoms with E-state index < -0.39 is 29.2 Å². The minimum atomic E-state index is -1.68. The van der Waals surface area contributed by atoms with Crippen LogP contribution in [0.25, 0.3) is 0 Å². The Bertz CT molecular complexity index is 670. The largest absolute Gasteiger partial charge is 0.272 e. The SMILES string of the molecule is C/C(CC12CC3CC(CC(C3)C1)C2)=N/Nc1c(F)c(F)nc(F)c1F. The van der Waals surface area contributed by atoms with Crippen molar-refractivity contribution in [2.45, 2.75) is 51.9 Å². The Kier molecular flexibility index (Phi) is 4.00. The average Bonchev–Trinajstić information content (AvgIpc) is 2.51. The number of nitrogens with zero attached hydrogens (tertiary/aromatic N) is 2. The summed E-state index contributed by atoms with van der Waals surface area (Å²) in [6, 6.07) is 0. The maximum absolute atomic E-state index is 13.6. The molecule has 0 radical (unpaired) electrons. The van der Waals surface area contributed by atoms with Crippen LogP contribution < -0.4 is 5.43 Å². The molecule has 0 aliphatic heterocycles. The molecule has 7 heteroatoms. The zero-order chi connectivity index (χ0) is 17.8. The first-order chi connectivity index (χ1) is 11.8. The Labute approximate surface area is 143 Å². The molecule has 3 nitrogen and oxygen atoms in total. The molecular formula is C18H21F4N3. The Morgan fingerprint density at radius 1 is 1.00 bits per heavy atom. The second-order valence-electron chi connectivity index (χ2n) is 8.25. The minimum Gasteiger partial charge on any atom is -0.272 e. The van der Waals surface area contributed by atoms with E-state index in [-0.39, 0.29) is 5.41 Å². The molecule has 0 amide bonds. The number of hydrogen-bond donors (Lipinski definition) is 1. The second kappa shape index (κ2) is 5.95. The van der Waals surface area contributed by atoms with Crippen LogP contribution >= 0.6 is 0 Å². The van der Waals surface area contributed by atoms with E-state index in [1.165, 1.54) is 38.5 Å². The van der Waals surface area contributed by atoms with Crippen LogP contribution in [0.1, 0.15) is 51.9 Å². The van der Waals surface area contributed by atoms with Crippen molar-refractivity contribution in [3.63, 3.8) is 0 Å². The second-order valence-corrected chi connectivity index (χ2v) is 8.25. The molecule has 4 aliphatic rings. The molecule has 1 heterocycles. The van der Waals surface area contributed by atoms with Crippen LogP contribution in [0.4, 0.5) is 23.2 Å². The first-order valence-electron chi connectivity index (χ1n) is 8.84. The van der Waals surface area contributed by atoms with E-state index in [9.17, 15) is 17.6 Å². The van der Waals surface area contributed by atoms with Crippen molar-refractivity contribution in [1.29, 1.82) is 0 Å². The topological polar surface area (TPSA) is 37.3 Å². The van der Waals surface area contributed by atoms with Crippen molar-refractivity contribution < 1.29 is 17.6 Å². The molecule has 4 fully saturated rings. The summed E-state index contributed by atoms with van der Waals surface area (Å²) >= 11 is 0. The molecule has 1 aromatic rings. The predicted octanol–water partition coefficient (Wildman–Crippen LogP) is 5.03. The van der Waals surface area contributed by atoms with Gasteiger partial charge in [0.2, 0.25) is 11.6 Å². The van der Waals surface area contributed by atoms with Crippen LogP contribution in [0, 0.1) is 46.7 Å². The summed E-state index contributed by atoms with van der Waals surface area (Å²) in [5, 5.41) is 4.00. The van der Waals surface area contributed by atoms with E-state index in [0.717, 1.165) is 24.2 Å². The van der Waals surface area contributed by atoms with E-state index in [1.54, 1.807) is 6.92 Å². The molecule has 25 heavy (non-hydrogen) atoms. The smallest absolute Gasteiger partial charge is 0.254 e. The van der Waals surface area contributed by atoms with Crippen LogP contribution in [-0.2, 0) is 0 Å². The summed E-state index contributed by atoms with van der Waals surface area (Å²) in [7, 11) is 0. The molecule has 0 atom stereocenters. The highest BCUT2D eigenvalue weighted by Gasteiger charge is 2.50.